The van der Waals surface area contributed by atoms with Gasteiger partial charge < -0.3 is 19.9 Å². The molecule has 0 fully saturated rings. The summed E-state index contributed by atoms with van der Waals surface area (Å²) in [6, 6.07) is 7.23. The van der Waals surface area contributed by atoms with Gasteiger partial charge in [0.15, 0.2) is 0 Å². The highest BCUT2D eigenvalue weighted by Crippen LogP contribution is 2.13. The van der Waals surface area contributed by atoms with Gasteiger partial charge in [-0.2, -0.15) is 0 Å². The quantitative estimate of drug-likeness (QED) is 0.718. The smallest absolute Gasteiger partial charge is 0.310 e. The molecule has 1 rings (SSSR count). The number of aliphatic hydroxyl groups excluding tert-OH is 1. The normalized spacial score (nSPS) is 12.8. The zero-order chi connectivity index (χ0) is 16.6. The Kier molecular flexibility index (Phi) is 7.35. The van der Waals surface area contributed by atoms with Crippen molar-refractivity contribution in [2.75, 3.05) is 19.8 Å². The molecule has 0 bridgehead atoms. The standard InChI is InChI=1S/C17H27NO4/c1-5-21-16(20)10-13-6-8-15(9-7-13)22-12-14(19)11-18-17(2,3)4/h6-9,14,18-19H,5,10-12H2,1-4H3. The highest BCUT2D eigenvalue weighted by Gasteiger charge is 2.12. The van der Waals surface area contributed by atoms with Crippen molar-refractivity contribution in [1.29, 1.82) is 0 Å². The Labute approximate surface area is 132 Å². The molecule has 1 atom stereocenters. The third-order valence-corrected chi connectivity index (χ3v) is 2.89. The van der Waals surface area contributed by atoms with Gasteiger partial charge in [0.05, 0.1) is 13.0 Å². The van der Waals surface area contributed by atoms with Crippen molar-refractivity contribution >= 4 is 5.97 Å². The Morgan fingerprint density at radius 1 is 1.27 bits per heavy atom. The molecule has 0 saturated carbocycles. The van der Waals surface area contributed by atoms with E-state index in [-0.39, 0.29) is 24.5 Å². The molecule has 0 amide bonds. The summed E-state index contributed by atoms with van der Waals surface area (Å²) in [6.45, 7) is 9.01. The summed E-state index contributed by atoms with van der Waals surface area (Å²) in [6.07, 6.45) is -0.315. The van der Waals surface area contributed by atoms with Crippen LogP contribution in [0.4, 0.5) is 0 Å². The average molecular weight is 309 g/mol. The fourth-order valence-corrected chi connectivity index (χ4v) is 1.76. The highest BCUT2D eigenvalue weighted by molar-refractivity contribution is 5.72. The number of nitrogens with one attached hydrogen (secondary N) is 1. The number of esters is 1. The molecule has 2 N–H and O–H groups in total. The molecule has 1 unspecified atom stereocenters. The molecule has 0 aromatic heterocycles. The van der Waals surface area contributed by atoms with E-state index in [2.05, 4.69) is 5.32 Å². The summed E-state index contributed by atoms with van der Waals surface area (Å²) >= 11 is 0. The summed E-state index contributed by atoms with van der Waals surface area (Å²) in [4.78, 5) is 11.4. The van der Waals surface area contributed by atoms with Gasteiger partial charge in [-0.05, 0) is 45.4 Å². The predicted molar refractivity (Wildman–Crippen MR) is 86.0 cm³/mol. The first kappa shape index (κ1) is 18.5. The number of benzene rings is 1. The van der Waals surface area contributed by atoms with Gasteiger partial charge in [0.2, 0.25) is 0 Å². The van der Waals surface area contributed by atoms with E-state index >= 15 is 0 Å². The molecule has 1 aromatic carbocycles. The largest absolute Gasteiger partial charge is 0.491 e. The van der Waals surface area contributed by atoms with E-state index in [1.807, 2.05) is 32.9 Å². The van der Waals surface area contributed by atoms with E-state index in [1.54, 1.807) is 19.1 Å². The lowest BCUT2D eigenvalue weighted by Crippen LogP contribution is -2.42. The van der Waals surface area contributed by atoms with Crippen LogP contribution >= 0.6 is 0 Å². The van der Waals surface area contributed by atoms with Gasteiger partial charge in [0, 0.05) is 12.1 Å². The molecule has 0 aliphatic carbocycles. The lowest BCUT2D eigenvalue weighted by molar-refractivity contribution is -0.142. The van der Waals surface area contributed by atoms with Gasteiger partial charge in [0.25, 0.3) is 0 Å². The summed E-state index contributed by atoms with van der Waals surface area (Å²) < 4.78 is 10.4. The SMILES string of the molecule is CCOC(=O)Cc1ccc(OCC(O)CNC(C)(C)C)cc1. The number of β-amino-alcohol motifs (C(OH)–C–C–N with tert-alkyl or cyclic N) is 1. The van der Waals surface area contributed by atoms with Crippen molar-refractivity contribution < 1.29 is 19.4 Å². The summed E-state index contributed by atoms with van der Waals surface area (Å²) in [7, 11) is 0. The summed E-state index contributed by atoms with van der Waals surface area (Å²) in [5.74, 6) is 0.433. The van der Waals surface area contributed by atoms with Crippen LogP contribution in [0.1, 0.15) is 33.3 Å². The molecule has 5 nitrogen and oxygen atoms in total. The number of rotatable bonds is 8. The molecule has 0 spiro atoms. The fourth-order valence-electron chi connectivity index (χ4n) is 1.76. The van der Waals surface area contributed by atoms with E-state index in [9.17, 15) is 9.90 Å². The van der Waals surface area contributed by atoms with E-state index in [1.165, 1.54) is 0 Å². The van der Waals surface area contributed by atoms with Crippen LogP contribution in [0.3, 0.4) is 0 Å². The number of carbonyl (C=O) groups is 1. The molecule has 0 radical (unpaired) electrons. The van der Waals surface area contributed by atoms with Crippen molar-refractivity contribution in [2.45, 2.75) is 45.8 Å². The second-order valence-corrected chi connectivity index (χ2v) is 6.22. The molecule has 1 aromatic rings. The van der Waals surface area contributed by atoms with Crippen LogP contribution in [-0.4, -0.2) is 42.5 Å². The van der Waals surface area contributed by atoms with E-state index in [4.69, 9.17) is 9.47 Å². The van der Waals surface area contributed by atoms with Crippen molar-refractivity contribution in [1.82, 2.24) is 5.32 Å². The minimum Gasteiger partial charge on any atom is -0.491 e. The van der Waals surface area contributed by atoms with Crippen LogP contribution < -0.4 is 10.1 Å². The molecular weight excluding hydrogens is 282 g/mol. The molecule has 5 heteroatoms. The zero-order valence-corrected chi connectivity index (χ0v) is 13.9. The van der Waals surface area contributed by atoms with Crippen LogP contribution in [0.15, 0.2) is 24.3 Å². The fraction of sp³-hybridized carbons (Fsp3) is 0.588. The maximum atomic E-state index is 11.4. The molecule has 0 aliphatic heterocycles. The first-order valence-corrected chi connectivity index (χ1v) is 7.60. The second-order valence-electron chi connectivity index (χ2n) is 6.22. The molecule has 22 heavy (non-hydrogen) atoms. The molecule has 124 valence electrons. The lowest BCUT2D eigenvalue weighted by atomic mass is 10.1. The van der Waals surface area contributed by atoms with Gasteiger partial charge in [-0.1, -0.05) is 12.1 Å². The third-order valence-electron chi connectivity index (χ3n) is 2.89. The molecule has 0 saturated heterocycles. The number of hydrogen-bond donors (Lipinski definition) is 2. The Bertz CT molecular complexity index is 451. The Morgan fingerprint density at radius 2 is 1.91 bits per heavy atom. The van der Waals surface area contributed by atoms with Crippen LogP contribution in [0.2, 0.25) is 0 Å². The second kappa shape index (κ2) is 8.76. The average Bonchev–Trinajstić information content (AvgIpc) is 2.44. The highest BCUT2D eigenvalue weighted by atomic mass is 16.5. The van der Waals surface area contributed by atoms with Crippen molar-refractivity contribution in [3.63, 3.8) is 0 Å². The maximum absolute atomic E-state index is 11.4. The van der Waals surface area contributed by atoms with Gasteiger partial charge in [-0.15, -0.1) is 0 Å². The maximum Gasteiger partial charge on any atom is 0.310 e. The van der Waals surface area contributed by atoms with Crippen LogP contribution in [0.5, 0.6) is 5.75 Å². The lowest BCUT2D eigenvalue weighted by Gasteiger charge is -2.23. The first-order chi connectivity index (χ1) is 10.3. The Balaban J connectivity index is 2.36. The van der Waals surface area contributed by atoms with E-state index in [0.717, 1.165) is 5.56 Å². The first-order valence-electron chi connectivity index (χ1n) is 7.60. The minimum absolute atomic E-state index is 0.0320. The van der Waals surface area contributed by atoms with E-state index < -0.39 is 6.10 Å². The Morgan fingerprint density at radius 3 is 2.45 bits per heavy atom. The minimum atomic E-state index is -0.571. The molecule has 0 aliphatic rings. The van der Waals surface area contributed by atoms with E-state index in [0.29, 0.717) is 18.9 Å². The van der Waals surface area contributed by atoms with Crippen molar-refractivity contribution in [2.24, 2.45) is 0 Å². The number of ether oxygens (including phenoxy) is 2. The van der Waals surface area contributed by atoms with Crippen LogP contribution in [0, 0.1) is 0 Å². The summed E-state index contributed by atoms with van der Waals surface area (Å²) in [5, 5.41) is 13.1. The van der Waals surface area contributed by atoms with Crippen molar-refractivity contribution in [3.05, 3.63) is 29.8 Å². The van der Waals surface area contributed by atoms with Crippen LogP contribution in [0.25, 0.3) is 0 Å². The third kappa shape index (κ3) is 8.00. The van der Waals surface area contributed by atoms with Gasteiger partial charge in [0.1, 0.15) is 18.5 Å². The zero-order valence-electron chi connectivity index (χ0n) is 13.9. The van der Waals surface area contributed by atoms with Gasteiger partial charge >= 0.3 is 5.97 Å². The van der Waals surface area contributed by atoms with Gasteiger partial charge in [-0.3, -0.25) is 4.79 Å². The molecular formula is C17H27NO4. The number of aliphatic hydroxyl groups is 1. The van der Waals surface area contributed by atoms with Gasteiger partial charge in [-0.25, -0.2) is 0 Å². The predicted octanol–water partition coefficient (Wildman–Crippen LogP) is 1.92. The van der Waals surface area contributed by atoms with Crippen molar-refractivity contribution in [3.8, 4) is 5.75 Å². The number of hydrogen-bond acceptors (Lipinski definition) is 5. The monoisotopic (exact) mass is 309 g/mol. The topological polar surface area (TPSA) is 67.8 Å². The van der Waals surface area contributed by atoms with Crippen LogP contribution in [-0.2, 0) is 16.0 Å². The summed E-state index contributed by atoms with van der Waals surface area (Å²) in [5.41, 5.74) is 0.844. The molecule has 0 heterocycles. The Hall–Kier alpha value is -1.59. The number of carbonyl (C=O) groups excluding carboxylic acids is 1.